The molecule has 2 nitrogen and oxygen atoms in total. The summed E-state index contributed by atoms with van der Waals surface area (Å²) in [7, 11) is 0. The number of anilines is 1. The van der Waals surface area contributed by atoms with E-state index in [-0.39, 0.29) is 0 Å². The minimum atomic E-state index is 0.609. The molecule has 0 aliphatic carbocycles. The number of halogens is 1. The van der Waals surface area contributed by atoms with Gasteiger partial charge in [-0.2, -0.15) is 0 Å². The van der Waals surface area contributed by atoms with Gasteiger partial charge in [0.25, 0.3) is 0 Å². The summed E-state index contributed by atoms with van der Waals surface area (Å²) in [5.41, 5.74) is 7.97. The third kappa shape index (κ3) is 1.96. The van der Waals surface area contributed by atoms with E-state index in [1.807, 2.05) is 0 Å². The quantitative estimate of drug-likeness (QED) is 0.861. The number of aromatic nitrogens is 1. The lowest BCUT2D eigenvalue weighted by Gasteiger charge is -2.00. The van der Waals surface area contributed by atoms with Crippen LogP contribution in [0.2, 0.25) is 0 Å². The lowest BCUT2D eigenvalue weighted by Crippen LogP contribution is -1.77. The van der Waals surface area contributed by atoms with E-state index in [0.717, 1.165) is 14.9 Å². The highest BCUT2D eigenvalue weighted by molar-refractivity contribution is 9.10. The third-order valence-corrected chi connectivity index (χ3v) is 3.18. The first-order chi connectivity index (χ1) is 6.65. The Labute approximate surface area is 94.9 Å². The van der Waals surface area contributed by atoms with Gasteiger partial charge in [0.1, 0.15) is 0 Å². The van der Waals surface area contributed by atoms with Crippen LogP contribution in [0.3, 0.4) is 0 Å². The van der Waals surface area contributed by atoms with Crippen molar-refractivity contribution in [3.05, 3.63) is 34.4 Å². The predicted octanol–water partition coefficient (Wildman–Crippen LogP) is 3.46. The van der Waals surface area contributed by atoms with Gasteiger partial charge >= 0.3 is 0 Å². The number of nitrogens with zero attached hydrogens (tertiary/aromatic N) is 1. The number of benzene rings is 1. The number of nitrogens with two attached hydrogens (primary N) is 1. The van der Waals surface area contributed by atoms with Gasteiger partial charge in [0.05, 0.1) is 4.88 Å². The molecular weight excluding hydrogens is 260 g/mol. The van der Waals surface area contributed by atoms with Crippen LogP contribution in [0.25, 0.3) is 10.4 Å². The van der Waals surface area contributed by atoms with Gasteiger partial charge in [-0.25, -0.2) is 4.98 Å². The fourth-order valence-corrected chi connectivity index (χ4v) is 2.58. The Hall–Kier alpha value is -0.870. The summed E-state index contributed by atoms with van der Waals surface area (Å²) >= 11 is 4.97. The van der Waals surface area contributed by atoms with E-state index in [0.29, 0.717) is 5.13 Å². The van der Waals surface area contributed by atoms with Crippen LogP contribution >= 0.6 is 27.3 Å². The van der Waals surface area contributed by atoms with Crippen LogP contribution in [0.4, 0.5) is 5.13 Å². The summed E-state index contributed by atoms with van der Waals surface area (Å²) in [5, 5.41) is 0.609. The summed E-state index contributed by atoms with van der Waals surface area (Å²) in [5.74, 6) is 0. The van der Waals surface area contributed by atoms with E-state index >= 15 is 0 Å². The molecular formula is C10H9BrN2S. The van der Waals surface area contributed by atoms with Crippen LogP contribution in [0.15, 0.2) is 28.9 Å². The molecule has 14 heavy (non-hydrogen) atoms. The largest absolute Gasteiger partial charge is 0.375 e. The molecule has 1 aromatic heterocycles. The van der Waals surface area contributed by atoms with Gasteiger partial charge in [0, 0.05) is 10.7 Å². The second-order valence-electron chi connectivity index (χ2n) is 3.08. The van der Waals surface area contributed by atoms with E-state index in [2.05, 4.69) is 46.0 Å². The standard InChI is InChI=1S/C10H9BrN2S/c1-6-2-7(4-8(11)3-6)9-5-13-10(12)14-9/h2-5H,1H3,(H2,12,13). The number of hydrogen-bond acceptors (Lipinski definition) is 3. The molecule has 0 spiro atoms. The lowest BCUT2D eigenvalue weighted by atomic mass is 10.1. The molecule has 0 saturated heterocycles. The molecule has 2 N–H and O–H groups in total. The van der Waals surface area contributed by atoms with E-state index in [1.54, 1.807) is 6.20 Å². The molecule has 1 aromatic carbocycles. The highest BCUT2D eigenvalue weighted by atomic mass is 79.9. The molecule has 4 heteroatoms. The third-order valence-electron chi connectivity index (χ3n) is 1.85. The van der Waals surface area contributed by atoms with Crippen LogP contribution in [-0.2, 0) is 0 Å². The van der Waals surface area contributed by atoms with Crippen molar-refractivity contribution >= 4 is 32.4 Å². The number of aryl methyl sites for hydroxylation is 1. The number of thiazole rings is 1. The Morgan fingerprint density at radius 2 is 2.14 bits per heavy atom. The zero-order chi connectivity index (χ0) is 10.1. The average molecular weight is 269 g/mol. The van der Waals surface area contributed by atoms with Crippen LogP contribution in [-0.4, -0.2) is 4.98 Å². The summed E-state index contributed by atoms with van der Waals surface area (Å²) < 4.78 is 1.08. The molecule has 0 bridgehead atoms. The average Bonchev–Trinajstić information content (AvgIpc) is 2.50. The number of hydrogen-bond donors (Lipinski definition) is 1. The number of nitrogen functional groups attached to an aromatic ring is 1. The van der Waals surface area contributed by atoms with Gasteiger partial charge in [-0.3, -0.25) is 0 Å². The maximum atomic E-state index is 5.59. The predicted molar refractivity (Wildman–Crippen MR) is 64.4 cm³/mol. The first-order valence-electron chi connectivity index (χ1n) is 4.14. The van der Waals surface area contributed by atoms with Crippen LogP contribution in [0, 0.1) is 6.92 Å². The van der Waals surface area contributed by atoms with Gasteiger partial charge in [-0.1, -0.05) is 33.3 Å². The molecule has 2 rings (SSSR count). The Balaban J connectivity index is 2.51. The minimum absolute atomic E-state index is 0.609. The molecule has 0 saturated carbocycles. The molecule has 2 aromatic rings. The van der Waals surface area contributed by atoms with Crippen molar-refractivity contribution in [3.8, 4) is 10.4 Å². The van der Waals surface area contributed by atoms with Crippen molar-refractivity contribution in [1.29, 1.82) is 0 Å². The summed E-state index contributed by atoms with van der Waals surface area (Å²) in [6, 6.07) is 6.27. The summed E-state index contributed by atoms with van der Waals surface area (Å²) in [6.45, 7) is 2.07. The van der Waals surface area contributed by atoms with Crippen molar-refractivity contribution in [3.63, 3.8) is 0 Å². The summed E-state index contributed by atoms with van der Waals surface area (Å²) in [4.78, 5) is 5.14. The zero-order valence-corrected chi connectivity index (χ0v) is 10.0. The maximum Gasteiger partial charge on any atom is 0.180 e. The van der Waals surface area contributed by atoms with Crippen molar-refractivity contribution in [2.45, 2.75) is 6.92 Å². The molecule has 0 fully saturated rings. The van der Waals surface area contributed by atoms with Gasteiger partial charge < -0.3 is 5.73 Å². The van der Waals surface area contributed by atoms with Crippen LogP contribution in [0.1, 0.15) is 5.56 Å². The maximum absolute atomic E-state index is 5.59. The highest BCUT2D eigenvalue weighted by Gasteiger charge is 2.03. The summed E-state index contributed by atoms with van der Waals surface area (Å²) in [6.07, 6.45) is 1.81. The fourth-order valence-electron chi connectivity index (χ4n) is 1.30. The van der Waals surface area contributed by atoms with Crippen molar-refractivity contribution in [1.82, 2.24) is 4.98 Å². The topological polar surface area (TPSA) is 38.9 Å². The SMILES string of the molecule is Cc1cc(Br)cc(-c2cnc(N)s2)c1. The monoisotopic (exact) mass is 268 g/mol. The number of rotatable bonds is 1. The second-order valence-corrected chi connectivity index (χ2v) is 5.06. The van der Waals surface area contributed by atoms with E-state index in [1.165, 1.54) is 16.9 Å². The molecule has 0 aliphatic rings. The highest BCUT2D eigenvalue weighted by Crippen LogP contribution is 2.30. The molecule has 0 unspecified atom stereocenters. The Kier molecular flexibility index (Phi) is 2.56. The Bertz CT molecular complexity index is 445. The first-order valence-corrected chi connectivity index (χ1v) is 5.75. The normalized spacial score (nSPS) is 10.4. The smallest absolute Gasteiger partial charge is 0.180 e. The lowest BCUT2D eigenvalue weighted by molar-refractivity contribution is 1.41. The molecule has 72 valence electrons. The van der Waals surface area contributed by atoms with Gasteiger partial charge in [-0.05, 0) is 30.2 Å². The van der Waals surface area contributed by atoms with Crippen molar-refractivity contribution in [2.24, 2.45) is 0 Å². The van der Waals surface area contributed by atoms with Crippen LogP contribution < -0.4 is 5.73 Å². The van der Waals surface area contributed by atoms with Gasteiger partial charge in [0.15, 0.2) is 5.13 Å². The van der Waals surface area contributed by atoms with E-state index in [9.17, 15) is 0 Å². The Morgan fingerprint density at radius 3 is 2.71 bits per heavy atom. The molecule has 0 radical (unpaired) electrons. The van der Waals surface area contributed by atoms with Crippen LogP contribution in [0.5, 0.6) is 0 Å². The minimum Gasteiger partial charge on any atom is -0.375 e. The van der Waals surface area contributed by atoms with Gasteiger partial charge in [-0.15, -0.1) is 0 Å². The molecule has 0 amide bonds. The molecule has 1 heterocycles. The zero-order valence-electron chi connectivity index (χ0n) is 7.62. The van der Waals surface area contributed by atoms with Gasteiger partial charge in [0.2, 0.25) is 0 Å². The van der Waals surface area contributed by atoms with E-state index in [4.69, 9.17) is 5.73 Å². The van der Waals surface area contributed by atoms with Crippen molar-refractivity contribution < 1.29 is 0 Å². The molecule has 0 atom stereocenters. The second kappa shape index (κ2) is 3.71. The Morgan fingerprint density at radius 1 is 1.36 bits per heavy atom. The van der Waals surface area contributed by atoms with E-state index < -0.39 is 0 Å². The molecule has 0 aliphatic heterocycles. The fraction of sp³-hybridized carbons (Fsp3) is 0.100. The first kappa shape index (κ1) is 9.68. The van der Waals surface area contributed by atoms with Crippen molar-refractivity contribution in [2.75, 3.05) is 5.73 Å².